The van der Waals surface area contributed by atoms with Gasteiger partial charge < -0.3 is 19.9 Å². The van der Waals surface area contributed by atoms with Crippen LogP contribution in [0.25, 0.3) is 0 Å². The minimum atomic E-state index is -4.70. The zero-order valence-electron chi connectivity index (χ0n) is 25.8. The van der Waals surface area contributed by atoms with Crippen molar-refractivity contribution in [1.29, 1.82) is 0 Å². The molecule has 8 nitrogen and oxygen atoms in total. The summed E-state index contributed by atoms with van der Waals surface area (Å²) < 4.78 is 58.0. The van der Waals surface area contributed by atoms with Crippen molar-refractivity contribution in [1.82, 2.24) is 0 Å². The van der Waals surface area contributed by atoms with Crippen molar-refractivity contribution in [2.45, 2.75) is 38.3 Å². The summed E-state index contributed by atoms with van der Waals surface area (Å²) in [6, 6.07) is 17.6. The van der Waals surface area contributed by atoms with Crippen LogP contribution in [0.3, 0.4) is 0 Å². The van der Waals surface area contributed by atoms with Crippen LogP contribution < -0.4 is 15.4 Å². The molecule has 3 aromatic rings. The third-order valence-electron chi connectivity index (χ3n) is 8.23. The summed E-state index contributed by atoms with van der Waals surface area (Å²) in [4.78, 5) is 43.5. The van der Waals surface area contributed by atoms with E-state index in [9.17, 15) is 27.6 Å². The van der Waals surface area contributed by atoms with E-state index in [1.165, 1.54) is 24.1 Å². The van der Waals surface area contributed by atoms with Gasteiger partial charge in [0.25, 0.3) is 0 Å². The van der Waals surface area contributed by atoms with Crippen molar-refractivity contribution in [2.24, 2.45) is 11.7 Å². The topological polar surface area (TPSA) is 108 Å². The highest BCUT2D eigenvalue weighted by molar-refractivity contribution is 6.30. The Labute approximate surface area is 274 Å². The Morgan fingerprint density at radius 1 is 0.957 bits per heavy atom. The lowest BCUT2D eigenvalue weighted by molar-refractivity contribution is -0.152. The number of benzene rings is 3. The Morgan fingerprint density at radius 3 is 2.28 bits per heavy atom. The van der Waals surface area contributed by atoms with E-state index in [2.05, 4.69) is 0 Å². The molecule has 0 amide bonds. The molecule has 0 bridgehead atoms. The van der Waals surface area contributed by atoms with Gasteiger partial charge in [0.05, 0.1) is 37.4 Å². The molecule has 246 valence electrons. The van der Waals surface area contributed by atoms with Gasteiger partial charge in [-0.25, -0.2) is 4.79 Å². The number of anilines is 1. The third-order valence-corrected chi connectivity index (χ3v) is 8.48. The summed E-state index contributed by atoms with van der Waals surface area (Å²) in [5.74, 6) is -5.38. The van der Waals surface area contributed by atoms with Crippen LogP contribution in [0.5, 0.6) is 5.75 Å². The highest BCUT2D eigenvalue weighted by atomic mass is 35.5. The number of alkyl halides is 3. The lowest BCUT2D eigenvalue weighted by atomic mass is 9.67. The number of Topliss-reactive ketones (excluding diaryl/α,β-unsaturated/α-hetero) is 1. The van der Waals surface area contributed by atoms with Gasteiger partial charge in [-0.1, -0.05) is 41.9 Å². The van der Waals surface area contributed by atoms with Crippen molar-refractivity contribution in [2.75, 3.05) is 25.2 Å². The van der Waals surface area contributed by atoms with Crippen molar-refractivity contribution >= 4 is 35.0 Å². The zero-order valence-corrected chi connectivity index (χ0v) is 26.5. The van der Waals surface area contributed by atoms with Crippen molar-refractivity contribution < 1.29 is 41.8 Å². The molecular weight excluding hydrogens is 637 g/mol. The number of nitrogens with two attached hydrogens (primary N) is 1. The average Bonchev–Trinajstić information content (AvgIpc) is 3.04. The van der Waals surface area contributed by atoms with Gasteiger partial charge in [0.2, 0.25) is 0 Å². The Bertz CT molecular complexity index is 1770. The number of esters is 2. The molecule has 3 aromatic carbocycles. The Kier molecular flexibility index (Phi) is 9.67. The van der Waals surface area contributed by atoms with E-state index in [0.717, 1.165) is 12.1 Å². The summed E-state index contributed by atoms with van der Waals surface area (Å²) in [5.41, 5.74) is 6.85. The number of halogens is 4. The largest absolute Gasteiger partial charge is 0.497 e. The summed E-state index contributed by atoms with van der Waals surface area (Å²) in [6.45, 7) is 3.16. The molecule has 47 heavy (non-hydrogen) atoms. The van der Waals surface area contributed by atoms with Gasteiger partial charge in [-0.05, 0) is 73.9 Å². The molecule has 2 N–H and O–H groups in total. The minimum absolute atomic E-state index is 0.00273. The molecule has 1 aliphatic heterocycles. The van der Waals surface area contributed by atoms with Crippen LogP contribution in [-0.2, 0) is 30.0 Å². The number of ether oxygens (including phenoxy) is 3. The maximum absolute atomic E-state index is 14.9. The maximum Gasteiger partial charge on any atom is 0.416 e. The quantitative estimate of drug-likeness (QED) is 0.204. The molecule has 1 aliphatic carbocycles. The van der Waals surface area contributed by atoms with Crippen LogP contribution in [0, 0.1) is 5.92 Å². The molecule has 0 radical (unpaired) electrons. The number of methoxy groups -OCH3 is 1. The average molecular weight is 669 g/mol. The molecule has 0 unspecified atom stereocenters. The van der Waals surface area contributed by atoms with Crippen molar-refractivity contribution in [3.63, 3.8) is 0 Å². The fraction of sp³-hybridized carbons (Fsp3) is 0.286. The number of hydrogen-bond donors (Lipinski definition) is 1. The Hall–Kier alpha value is -4.77. The number of hydrogen-bond acceptors (Lipinski definition) is 8. The second-order valence-corrected chi connectivity index (χ2v) is 11.4. The molecule has 3 atom stereocenters. The van der Waals surface area contributed by atoms with E-state index in [4.69, 9.17) is 31.5 Å². The predicted molar refractivity (Wildman–Crippen MR) is 168 cm³/mol. The molecule has 0 spiro atoms. The van der Waals surface area contributed by atoms with Gasteiger partial charge in [-0.15, -0.1) is 0 Å². The number of rotatable bonds is 8. The predicted octanol–water partition coefficient (Wildman–Crippen LogP) is 6.89. The lowest BCUT2D eigenvalue weighted by Crippen LogP contribution is -2.46. The van der Waals surface area contributed by atoms with Gasteiger partial charge in [-0.2, -0.15) is 13.2 Å². The fourth-order valence-electron chi connectivity index (χ4n) is 6.23. The first-order valence-corrected chi connectivity index (χ1v) is 15.3. The molecular formula is C35H32ClF3N2O6. The highest BCUT2D eigenvalue weighted by Crippen LogP contribution is 2.52. The fourth-order valence-corrected chi connectivity index (χ4v) is 6.36. The highest BCUT2D eigenvalue weighted by Gasteiger charge is 2.51. The van der Waals surface area contributed by atoms with Gasteiger partial charge in [0.15, 0.2) is 5.78 Å². The van der Waals surface area contributed by atoms with Crippen LogP contribution >= 0.6 is 11.6 Å². The lowest BCUT2D eigenvalue weighted by Gasteiger charge is -2.44. The summed E-state index contributed by atoms with van der Waals surface area (Å²) in [6.07, 6.45) is -4.73. The molecule has 0 saturated heterocycles. The smallest absolute Gasteiger partial charge is 0.416 e. The monoisotopic (exact) mass is 668 g/mol. The zero-order chi connectivity index (χ0) is 34.0. The molecule has 1 heterocycles. The van der Waals surface area contributed by atoms with E-state index < -0.39 is 47.2 Å². The van der Waals surface area contributed by atoms with Gasteiger partial charge in [0.1, 0.15) is 17.5 Å². The van der Waals surface area contributed by atoms with Gasteiger partial charge in [-0.3, -0.25) is 14.5 Å². The molecule has 0 saturated carbocycles. The Morgan fingerprint density at radius 2 is 1.64 bits per heavy atom. The summed E-state index contributed by atoms with van der Waals surface area (Å²) in [7, 11) is 1.48. The van der Waals surface area contributed by atoms with Crippen molar-refractivity contribution in [3.05, 3.63) is 117 Å². The summed E-state index contributed by atoms with van der Waals surface area (Å²) in [5, 5.41) is 0.386. The van der Waals surface area contributed by atoms with E-state index in [0.29, 0.717) is 21.9 Å². The molecule has 2 aliphatic rings. The second kappa shape index (κ2) is 13.5. The van der Waals surface area contributed by atoms with Gasteiger partial charge in [0, 0.05) is 27.9 Å². The number of carbonyl (C=O) groups is 3. The van der Waals surface area contributed by atoms with Crippen LogP contribution in [0.1, 0.15) is 48.8 Å². The van der Waals surface area contributed by atoms with E-state index in [1.807, 2.05) is 0 Å². The van der Waals surface area contributed by atoms with Gasteiger partial charge >= 0.3 is 18.1 Å². The number of ketones is 1. The number of nitrogens with zero attached hydrogens (tertiary/aromatic N) is 1. The molecule has 0 fully saturated rings. The van der Waals surface area contributed by atoms with E-state index >= 15 is 0 Å². The minimum Gasteiger partial charge on any atom is -0.497 e. The number of carbonyl (C=O) groups excluding carboxylic acids is 3. The van der Waals surface area contributed by atoms with Crippen LogP contribution in [0.4, 0.5) is 18.9 Å². The standard InChI is InChI=1S/C35H32ClF3N2O6/c1-4-46-33(43)28-25(20-8-6-11-24(16-20)45-3)18-26-29(31(28)42)27(19-12-14-22(36)15-13-19)30(34(44)47-5-2)32(40)41(26)23-10-7-9-21(17-23)35(37,38)39/h6-17,25,27-28H,4-5,18,40H2,1-3H3/t25-,27-,28-/m0/s1. The third kappa shape index (κ3) is 6.44. The SMILES string of the molecule is CCOC(=O)C1=C(N)N(c2cccc(C(F)(F)F)c2)C2=C(C(=O)[C@@H](C(=O)OCC)[C@H](c3cccc(OC)c3)C2)[C@@H]1c1ccc(Cl)cc1. The van der Waals surface area contributed by atoms with E-state index in [1.54, 1.807) is 62.4 Å². The van der Waals surface area contributed by atoms with E-state index in [-0.39, 0.29) is 48.0 Å². The normalized spacial score (nSPS) is 19.8. The van der Waals surface area contributed by atoms with Crippen LogP contribution in [0.15, 0.2) is 95.5 Å². The molecule has 12 heteroatoms. The number of allylic oxidation sites excluding steroid dienone is 2. The molecule has 0 aromatic heterocycles. The first kappa shape index (κ1) is 33.6. The van der Waals surface area contributed by atoms with Crippen LogP contribution in [0.2, 0.25) is 5.02 Å². The first-order chi connectivity index (χ1) is 22.4. The van der Waals surface area contributed by atoms with Crippen molar-refractivity contribution in [3.8, 4) is 5.75 Å². The molecule has 5 rings (SSSR count). The Balaban J connectivity index is 1.84. The second-order valence-electron chi connectivity index (χ2n) is 10.9. The van der Waals surface area contributed by atoms with Crippen LogP contribution in [-0.4, -0.2) is 38.0 Å². The first-order valence-electron chi connectivity index (χ1n) is 14.9. The maximum atomic E-state index is 14.9. The summed E-state index contributed by atoms with van der Waals surface area (Å²) >= 11 is 6.18.